The van der Waals surface area contributed by atoms with Gasteiger partial charge < -0.3 is 5.32 Å². The van der Waals surface area contributed by atoms with E-state index < -0.39 is 23.2 Å². The smallest absolute Gasteiger partial charge is 0.300 e. The van der Waals surface area contributed by atoms with Crippen molar-refractivity contribution in [3.05, 3.63) is 31.5 Å². The second-order valence-corrected chi connectivity index (χ2v) is 3.49. The summed E-state index contributed by atoms with van der Waals surface area (Å²) in [5.41, 5.74) is -1.78. The lowest BCUT2D eigenvalue weighted by atomic mass is 10.5. The molecule has 7 nitrogen and oxygen atoms in total. The zero-order chi connectivity index (χ0) is 12.5. The summed E-state index contributed by atoms with van der Waals surface area (Å²) in [5, 5.41) is 2.80. The molecule has 1 aromatic rings. The van der Waals surface area contributed by atoms with Gasteiger partial charge in [0.15, 0.2) is 0 Å². The van der Waals surface area contributed by atoms with Gasteiger partial charge in [0.2, 0.25) is 0 Å². The van der Waals surface area contributed by atoms with Crippen molar-refractivity contribution in [1.82, 2.24) is 19.0 Å². The van der Waals surface area contributed by atoms with Crippen LogP contribution in [0.2, 0.25) is 0 Å². The largest absolute Gasteiger partial charge is 0.337 e. The maximum absolute atomic E-state index is 11.9. The van der Waals surface area contributed by atoms with Gasteiger partial charge >= 0.3 is 17.1 Å². The molecule has 7 heteroatoms. The normalized spacial score (nSPS) is 12.8. The van der Waals surface area contributed by atoms with Gasteiger partial charge in [-0.2, -0.15) is 0 Å². The molecule has 0 radical (unpaired) electrons. The number of aromatic nitrogens is 3. The Kier molecular flexibility index (Phi) is 3.48. The first kappa shape index (κ1) is 12.4. The molecule has 0 aromatic carbocycles. The molecule has 1 rings (SSSR count). The molecule has 0 fully saturated rings. The fourth-order valence-electron chi connectivity index (χ4n) is 1.45. The number of rotatable bonds is 3. The van der Waals surface area contributed by atoms with Gasteiger partial charge in [0.1, 0.15) is 0 Å². The van der Waals surface area contributed by atoms with Crippen LogP contribution in [-0.4, -0.2) is 20.7 Å². The Morgan fingerprint density at radius 3 is 2.19 bits per heavy atom. The van der Waals surface area contributed by atoms with Crippen molar-refractivity contribution in [3.8, 4) is 0 Å². The molecule has 1 N–H and O–H groups in total. The molecule has 1 unspecified atom stereocenters. The maximum atomic E-state index is 11.9. The van der Waals surface area contributed by atoms with Crippen molar-refractivity contribution >= 4 is 0 Å². The molecule has 0 spiro atoms. The summed E-state index contributed by atoms with van der Waals surface area (Å²) >= 11 is 0. The average Bonchev–Trinajstić information content (AvgIpc) is 2.27. The van der Waals surface area contributed by atoms with E-state index in [1.165, 1.54) is 7.05 Å². The third-order valence-electron chi connectivity index (χ3n) is 2.57. The second-order valence-electron chi connectivity index (χ2n) is 3.49. The standard InChI is InChI=1S/C9H16N4O3/c1-5-12-7(14)11(4)8(15)13(9(12)16)6(2)10-3/h6,10H,5H2,1-4H3. The highest BCUT2D eigenvalue weighted by atomic mass is 16.2. The summed E-state index contributed by atoms with van der Waals surface area (Å²) in [6, 6.07) is 0. The van der Waals surface area contributed by atoms with Crippen LogP contribution in [0.5, 0.6) is 0 Å². The van der Waals surface area contributed by atoms with Crippen LogP contribution in [0.4, 0.5) is 0 Å². The predicted molar refractivity (Wildman–Crippen MR) is 59.6 cm³/mol. The molecule has 0 saturated heterocycles. The summed E-state index contributed by atoms with van der Waals surface area (Å²) in [4.78, 5) is 35.2. The molecule has 0 aliphatic rings. The lowest BCUT2D eigenvalue weighted by molar-refractivity contribution is 0.389. The lowest BCUT2D eigenvalue weighted by Gasteiger charge is -2.15. The number of hydrogen-bond donors (Lipinski definition) is 1. The van der Waals surface area contributed by atoms with E-state index in [9.17, 15) is 14.4 Å². The van der Waals surface area contributed by atoms with E-state index in [0.29, 0.717) is 0 Å². The van der Waals surface area contributed by atoms with E-state index >= 15 is 0 Å². The van der Waals surface area contributed by atoms with Crippen molar-refractivity contribution in [2.24, 2.45) is 7.05 Å². The van der Waals surface area contributed by atoms with Crippen molar-refractivity contribution < 1.29 is 0 Å². The Morgan fingerprint density at radius 1 is 1.19 bits per heavy atom. The molecule has 0 aliphatic carbocycles. The second kappa shape index (κ2) is 4.48. The van der Waals surface area contributed by atoms with E-state index in [0.717, 1.165) is 13.7 Å². The fraction of sp³-hybridized carbons (Fsp3) is 0.667. The van der Waals surface area contributed by atoms with Gasteiger partial charge in [-0.3, -0.25) is 0 Å². The first-order valence-corrected chi connectivity index (χ1v) is 5.05. The van der Waals surface area contributed by atoms with Gasteiger partial charge in [0, 0.05) is 13.6 Å². The zero-order valence-corrected chi connectivity index (χ0v) is 9.85. The van der Waals surface area contributed by atoms with Crippen LogP contribution >= 0.6 is 0 Å². The van der Waals surface area contributed by atoms with E-state index in [1.807, 2.05) is 0 Å². The fourth-order valence-corrected chi connectivity index (χ4v) is 1.45. The minimum Gasteiger partial charge on any atom is -0.300 e. The maximum Gasteiger partial charge on any atom is 0.337 e. The van der Waals surface area contributed by atoms with Gasteiger partial charge in [0.25, 0.3) is 0 Å². The van der Waals surface area contributed by atoms with Crippen LogP contribution in [0.15, 0.2) is 14.4 Å². The van der Waals surface area contributed by atoms with Gasteiger partial charge in [0.05, 0.1) is 6.17 Å². The first-order chi connectivity index (χ1) is 7.45. The number of nitrogens with zero attached hydrogens (tertiary/aromatic N) is 3. The van der Waals surface area contributed by atoms with Crippen LogP contribution in [0.25, 0.3) is 0 Å². The lowest BCUT2D eigenvalue weighted by Crippen LogP contribution is -2.55. The van der Waals surface area contributed by atoms with Gasteiger partial charge in [-0.1, -0.05) is 0 Å². The van der Waals surface area contributed by atoms with E-state index in [1.54, 1.807) is 20.9 Å². The van der Waals surface area contributed by atoms with Crippen molar-refractivity contribution in [1.29, 1.82) is 0 Å². The summed E-state index contributed by atoms with van der Waals surface area (Å²) in [7, 11) is 2.99. The SMILES string of the molecule is CCn1c(=O)n(C)c(=O)n(C(C)NC)c1=O. The van der Waals surface area contributed by atoms with Crippen LogP contribution < -0.4 is 22.4 Å². The molecule has 0 bridgehead atoms. The highest BCUT2D eigenvalue weighted by Gasteiger charge is 2.15. The quantitative estimate of drug-likeness (QED) is 0.680. The molecule has 0 aliphatic heterocycles. The Morgan fingerprint density at radius 2 is 1.75 bits per heavy atom. The van der Waals surface area contributed by atoms with Crippen LogP contribution in [0.1, 0.15) is 20.0 Å². The van der Waals surface area contributed by atoms with E-state index in [2.05, 4.69) is 5.32 Å². The topological polar surface area (TPSA) is 78.0 Å². The van der Waals surface area contributed by atoms with Crippen molar-refractivity contribution in [2.75, 3.05) is 7.05 Å². The van der Waals surface area contributed by atoms with Crippen LogP contribution in [-0.2, 0) is 13.6 Å². The molecule has 0 amide bonds. The third kappa shape index (κ3) is 1.73. The number of nitrogens with one attached hydrogen (secondary N) is 1. The Bertz CT molecular complexity index is 551. The Labute approximate surface area is 91.9 Å². The summed E-state index contributed by atoms with van der Waals surface area (Å²) in [6.45, 7) is 3.59. The number of hydrogen-bond acceptors (Lipinski definition) is 4. The van der Waals surface area contributed by atoms with Crippen molar-refractivity contribution in [2.45, 2.75) is 26.6 Å². The first-order valence-electron chi connectivity index (χ1n) is 5.05. The molecule has 16 heavy (non-hydrogen) atoms. The Hall–Kier alpha value is -1.63. The molecule has 0 saturated carbocycles. The summed E-state index contributed by atoms with van der Waals surface area (Å²) in [5.74, 6) is 0. The molecule has 1 atom stereocenters. The Balaban J connectivity index is 3.77. The molecular weight excluding hydrogens is 212 g/mol. The molecular formula is C9H16N4O3. The van der Waals surface area contributed by atoms with E-state index in [4.69, 9.17) is 0 Å². The molecule has 90 valence electrons. The average molecular weight is 228 g/mol. The monoisotopic (exact) mass is 228 g/mol. The minimum absolute atomic E-state index is 0.238. The van der Waals surface area contributed by atoms with Gasteiger partial charge in [-0.05, 0) is 20.9 Å². The van der Waals surface area contributed by atoms with Crippen LogP contribution in [0, 0.1) is 0 Å². The van der Waals surface area contributed by atoms with E-state index in [-0.39, 0.29) is 6.54 Å². The van der Waals surface area contributed by atoms with Gasteiger partial charge in [-0.25, -0.2) is 28.1 Å². The van der Waals surface area contributed by atoms with Gasteiger partial charge in [-0.15, -0.1) is 0 Å². The predicted octanol–water partition coefficient (Wildman–Crippen LogP) is -1.53. The highest BCUT2D eigenvalue weighted by molar-refractivity contribution is 4.79. The molecule has 1 heterocycles. The minimum atomic E-state index is -0.610. The van der Waals surface area contributed by atoms with Crippen molar-refractivity contribution in [3.63, 3.8) is 0 Å². The summed E-state index contributed by atoms with van der Waals surface area (Å²) < 4.78 is 2.97. The zero-order valence-electron chi connectivity index (χ0n) is 9.85. The third-order valence-corrected chi connectivity index (χ3v) is 2.57. The molecule has 1 aromatic heterocycles. The highest BCUT2D eigenvalue weighted by Crippen LogP contribution is 1.88. The van der Waals surface area contributed by atoms with Crippen LogP contribution in [0.3, 0.4) is 0 Å². The summed E-state index contributed by atoms with van der Waals surface area (Å²) in [6.07, 6.45) is -0.454.